The maximum Gasteiger partial charge on any atom is 0.0865 e. The molecule has 1 heterocycles. The number of aliphatic hydroxyl groups excluding tert-OH is 1. The number of aliphatic hydroxyl groups is 1. The van der Waals surface area contributed by atoms with Crippen LogP contribution in [0.5, 0.6) is 0 Å². The molecular formula is C6H6Br2OS. The highest BCUT2D eigenvalue weighted by molar-refractivity contribution is 9.11. The van der Waals surface area contributed by atoms with E-state index >= 15 is 0 Å². The van der Waals surface area contributed by atoms with E-state index in [0.717, 1.165) is 13.1 Å². The molecule has 1 N–H and O–H groups in total. The van der Waals surface area contributed by atoms with Crippen LogP contribution in [0, 0.1) is 0 Å². The summed E-state index contributed by atoms with van der Waals surface area (Å²) < 4.78 is 2.01. The first-order chi connectivity index (χ1) is 4.61. The van der Waals surface area contributed by atoms with Crippen LogP contribution in [-0.2, 0) is 0 Å². The molecule has 0 bridgehead atoms. The lowest BCUT2D eigenvalue weighted by Gasteiger charge is -1.98. The molecule has 0 aromatic carbocycles. The van der Waals surface area contributed by atoms with Crippen molar-refractivity contribution in [1.29, 1.82) is 0 Å². The normalized spacial score (nSPS) is 13.6. The van der Waals surface area contributed by atoms with Crippen LogP contribution in [0.25, 0.3) is 0 Å². The first-order valence-electron chi connectivity index (χ1n) is 2.74. The summed E-state index contributed by atoms with van der Waals surface area (Å²) in [6.45, 7) is 1.75. The van der Waals surface area contributed by atoms with Gasteiger partial charge >= 0.3 is 0 Å². The van der Waals surface area contributed by atoms with Crippen molar-refractivity contribution in [1.82, 2.24) is 0 Å². The molecule has 1 nitrogen and oxygen atoms in total. The molecule has 1 atom stereocenters. The highest BCUT2D eigenvalue weighted by Crippen LogP contribution is 2.35. The maximum absolute atomic E-state index is 9.18. The minimum Gasteiger partial charge on any atom is -0.388 e. The van der Waals surface area contributed by atoms with Gasteiger partial charge in [0.1, 0.15) is 0 Å². The first kappa shape index (κ1) is 8.71. The number of hydrogen-bond donors (Lipinski definition) is 1. The molecule has 0 radical (unpaired) electrons. The van der Waals surface area contributed by atoms with E-state index < -0.39 is 0 Å². The Morgan fingerprint density at radius 3 is 2.40 bits per heavy atom. The van der Waals surface area contributed by atoms with Crippen molar-refractivity contribution < 1.29 is 5.11 Å². The van der Waals surface area contributed by atoms with E-state index in [1.54, 1.807) is 18.3 Å². The molecule has 0 unspecified atom stereocenters. The molecular weight excluding hydrogens is 280 g/mol. The Morgan fingerprint density at radius 1 is 1.60 bits per heavy atom. The summed E-state index contributed by atoms with van der Waals surface area (Å²) in [6.07, 6.45) is -0.384. The molecule has 10 heavy (non-hydrogen) atoms. The summed E-state index contributed by atoms with van der Waals surface area (Å²) in [5, 5.41) is 9.18. The fraction of sp³-hybridized carbons (Fsp3) is 0.333. The van der Waals surface area contributed by atoms with Gasteiger partial charge in [-0.25, -0.2) is 0 Å². The Hall–Kier alpha value is 0.620. The van der Waals surface area contributed by atoms with Gasteiger partial charge in [-0.05, 0) is 44.8 Å². The molecule has 56 valence electrons. The Labute approximate surface area is 80.3 Å². The second-order valence-corrected chi connectivity index (χ2v) is 5.26. The summed E-state index contributed by atoms with van der Waals surface area (Å²) in [4.78, 5) is 0.965. The highest BCUT2D eigenvalue weighted by Gasteiger charge is 2.09. The van der Waals surface area contributed by atoms with Crippen LogP contribution in [-0.4, -0.2) is 5.11 Å². The van der Waals surface area contributed by atoms with Crippen molar-refractivity contribution in [3.8, 4) is 0 Å². The Kier molecular flexibility index (Phi) is 2.91. The zero-order valence-electron chi connectivity index (χ0n) is 5.27. The molecule has 0 saturated carbocycles. The number of thiophene rings is 1. The summed E-state index contributed by atoms with van der Waals surface area (Å²) in [5.41, 5.74) is 0. The smallest absolute Gasteiger partial charge is 0.0865 e. The highest BCUT2D eigenvalue weighted by atomic mass is 79.9. The Bertz CT molecular complexity index is 232. The van der Waals surface area contributed by atoms with E-state index in [1.807, 2.05) is 6.07 Å². The van der Waals surface area contributed by atoms with Gasteiger partial charge in [0.15, 0.2) is 0 Å². The monoisotopic (exact) mass is 284 g/mol. The van der Waals surface area contributed by atoms with Crippen molar-refractivity contribution >= 4 is 43.2 Å². The third-order valence-electron chi connectivity index (χ3n) is 1.06. The SMILES string of the molecule is C[C@@H](O)c1sc(Br)cc1Br. The summed E-state index contributed by atoms with van der Waals surface area (Å²) in [5.74, 6) is 0. The van der Waals surface area contributed by atoms with Crippen LogP contribution in [0.3, 0.4) is 0 Å². The van der Waals surface area contributed by atoms with E-state index in [0.29, 0.717) is 0 Å². The quantitative estimate of drug-likeness (QED) is 0.839. The third-order valence-corrected chi connectivity index (χ3v) is 3.79. The molecule has 0 aliphatic carbocycles. The molecule has 4 heteroatoms. The van der Waals surface area contributed by atoms with Gasteiger partial charge in [-0.1, -0.05) is 0 Å². The predicted molar refractivity (Wildman–Crippen MR) is 50.4 cm³/mol. The summed E-state index contributed by atoms with van der Waals surface area (Å²) >= 11 is 8.21. The van der Waals surface area contributed by atoms with Crippen LogP contribution in [0.1, 0.15) is 17.9 Å². The van der Waals surface area contributed by atoms with Crippen LogP contribution in [0.2, 0.25) is 0 Å². The lowest BCUT2D eigenvalue weighted by atomic mass is 10.3. The van der Waals surface area contributed by atoms with Gasteiger partial charge in [0.05, 0.1) is 9.89 Å². The van der Waals surface area contributed by atoms with Gasteiger partial charge in [0.25, 0.3) is 0 Å². The van der Waals surface area contributed by atoms with Gasteiger partial charge in [0, 0.05) is 9.35 Å². The van der Waals surface area contributed by atoms with Gasteiger partial charge in [-0.2, -0.15) is 0 Å². The minimum absolute atomic E-state index is 0.384. The Morgan fingerprint density at radius 2 is 2.20 bits per heavy atom. The van der Waals surface area contributed by atoms with Gasteiger partial charge in [-0.15, -0.1) is 11.3 Å². The lowest BCUT2D eigenvalue weighted by Crippen LogP contribution is -1.85. The van der Waals surface area contributed by atoms with Crippen molar-refractivity contribution in [2.45, 2.75) is 13.0 Å². The third kappa shape index (κ3) is 1.81. The van der Waals surface area contributed by atoms with Crippen molar-refractivity contribution in [2.24, 2.45) is 0 Å². The average molecular weight is 286 g/mol. The molecule has 0 fully saturated rings. The van der Waals surface area contributed by atoms with Gasteiger partial charge in [-0.3, -0.25) is 0 Å². The number of halogens is 2. The molecule has 1 rings (SSSR count). The van der Waals surface area contributed by atoms with Crippen LogP contribution in [0.15, 0.2) is 14.3 Å². The molecule has 0 spiro atoms. The molecule has 1 aromatic rings. The zero-order valence-corrected chi connectivity index (χ0v) is 9.25. The van der Waals surface area contributed by atoms with E-state index in [4.69, 9.17) is 0 Å². The number of rotatable bonds is 1. The molecule has 0 saturated heterocycles. The molecule has 0 aliphatic heterocycles. The van der Waals surface area contributed by atoms with Crippen molar-refractivity contribution in [2.75, 3.05) is 0 Å². The zero-order chi connectivity index (χ0) is 7.72. The van der Waals surface area contributed by atoms with Crippen molar-refractivity contribution in [3.63, 3.8) is 0 Å². The maximum atomic E-state index is 9.18. The second-order valence-electron chi connectivity index (χ2n) is 1.94. The predicted octanol–water partition coefficient (Wildman–Crippen LogP) is 3.33. The van der Waals surface area contributed by atoms with E-state index in [2.05, 4.69) is 31.9 Å². The minimum atomic E-state index is -0.384. The van der Waals surface area contributed by atoms with E-state index in [-0.39, 0.29) is 6.10 Å². The first-order valence-corrected chi connectivity index (χ1v) is 5.14. The fourth-order valence-corrected chi connectivity index (χ4v) is 3.37. The Balaban J connectivity index is 3.03. The largest absolute Gasteiger partial charge is 0.388 e. The van der Waals surface area contributed by atoms with Gasteiger partial charge in [0.2, 0.25) is 0 Å². The second kappa shape index (κ2) is 3.34. The fourth-order valence-electron chi connectivity index (χ4n) is 0.639. The van der Waals surface area contributed by atoms with E-state index in [9.17, 15) is 5.11 Å². The van der Waals surface area contributed by atoms with Crippen LogP contribution >= 0.6 is 43.2 Å². The van der Waals surface area contributed by atoms with Crippen LogP contribution in [0.4, 0.5) is 0 Å². The molecule has 0 aliphatic rings. The van der Waals surface area contributed by atoms with E-state index in [1.165, 1.54) is 0 Å². The standard InChI is InChI=1S/C6H6Br2OS/c1-3(9)6-4(7)2-5(8)10-6/h2-3,9H,1H3/t3-/m1/s1. The molecule has 1 aromatic heterocycles. The van der Waals surface area contributed by atoms with Gasteiger partial charge < -0.3 is 5.11 Å². The molecule has 0 amide bonds. The summed E-state index contributed by atoms with van der Waals surface area (Å²) in [6, 6.07) is 1.94. The van der Waals surface area contributed by atoms with Crippen molar-refractivity contribution in [3.05, 3.63) is 19.2 Å². The van der Waals surface area contributed by atoms with Crippen LogP contribution < -0.4 is 0 Å². The lowest BCUT2D eigenvalue weighted by molar-refractivity contribution is 0.202. The number of hydrogen-bond acceptors (Lipinski definition) is 2. The summed E-state index contributed by atoms with van der Waals surface area (Å²) in [7, 11) is 0. The topological polar surface area (TPSA) is 20.2 Å². The average Bonchev–Trinajstić information content (AvgIpc) is 2.10.